The van der Waals surface area contributed by atoms with Gasteiger partial charge < -0.3 is 23.6 Å². The largest absolute Gasteiger partial charge is 0.488 e. The molecule has 4 aromatic rings. The predicted molar refractivity (Wildman–Crippen MR) is 126 cm³/mol. The fraction of sp³-hybridized carbons (Fsp3) is 0.320. The summed E-state index contributed by atoms with van der Waals surface area (Å²) in [6, 6.07) is 11.8. The Morgan fingerprint density at radius 1 is 1.23 bits per heavy atom. The number of ether oxygens (including phenoxy) is 3. The van der Waals surface area contributed by atoms with Crippen molar-refractivity contribution in [2.45, 2.75) is 13.0 Å². The number of rotatable bonds is 7. The lowest BCUT2D eigenvalue weighted by Crippen LogP contribution is -2.44. The third-order valence-electron chi connectivity index (χ3n) is 5.86. The Balaban J connectivity index is 1.34. The Labute approximate surface area is 200 Å². The SMILES string of the molecule is COCCOc1cc2[nH]nc(-c3cc(-c4ccc(C(=O)N5CCO[C@H](C)C5)cc4)no3)c2cc1F. The van der Waals surface area contributed by atoms with Crippen LogP contribution in [-0.4, -0.2) is 72.3 Å². The molecule has 1 fully saturated rings. The lowest BCUT2D eigenvalue weighted by Gasteiger charge is -2.31. The molecule has 9 nitrogen and oxygen atoms in total. The summed E-state index contributed by atoms with van der Waals surface area (Å²) < 4.78 is 35.9. The third-order valence-corrected chi connectivity index (χ3v) is 5.86. The van der Waals surface area contributed by atoms with Gasteiger partial charge in [-0.1, -0.05) is 17.3 Å². The molecule has 35 heavy (non-hydrogen) atoms. The lowest BCUT2D eigenvalue weighted by atomic mass is 10.1. The molecule has 1 N–H and O–H groups in total. The number of methoxy groups -OCH3 is 1. The Morgan fingerprint density at radius 3 is 2.83 bits per heavy atom. The molecular formula is C25H25FN4O5. The van der Waals surface area contributed by atoms with Gasteiger partial charge in [0.2, 0.25) is 0 Å². The number of hydrogen-bond donors (Lipinski definition) is 1. The van der Waals surface area contributed by atoms with Crippen molar-refractivity contribution in [1.29, 1.82) is 0 Å². The van der Waals surface area contributed by atoms with Crippen molar-refractivity contribution >= 4 is 16.8 Å². The highest BCUT2D eigenvalue weighted by atomic mass is 19.1. The molecule has 0 unspecified atom stereocenters. The highest BCUT2D eigenvalue weighted by Crippen LogP contribution is 2.33. The van der Waals surface area contributed by atoms with Crippen LogP contribution >= 0.6 is 0 Å². The van der Waals surface area contributed by atoms with Gasteiger partial charge in [-0.15, -0.1) is 0 Å². The van der Waals surface area contributed by atoms with E-state index in [1.54, 1.807) is 36.3 Å². The molecule has 0 spiro atoms. The van der Waals surface area contributed by atoms with Crippen LogP contribution in [0.3, 0.4) is 0 Å². The van der Waals surface area contributed by atoms with Crippen LogP contribution in [0.25, 0.3) is 33.6 Å². The molecule has 1 atom stereocenters. The van der Waals surface area contributed by atoms with Crippen molar-refractivity contribution in [3.63, 3.8) is 0 Å². The molecule has 1 aliphatic heterocycles. The first-order valence-electron chi connectivity index (χ1n) is 11.3. The highest BCUT2D eigenvalue weighted by Gasteiger charge is 2.23. The van der Waals surface area contributed by atoms with Crippen LogP contribution in [0.5, 0.6) is 5.75 Å². The summed E-state index contributed by atoms with van der Waals surface area (Å²) in [5.74, 6) is -0.0284. The molecule has 5 rings (SSSR count). The molecular weight excluding hydrogens is 455 g/mol. The van der Waals surface area contributed by atoms with E-state index in [2.05, 4.69) is 15.4 Å². The van der Waals surface area contributed by atoms with Crippen molar-refractivity contribution in [2.24, 2.45) is 0 Å². The van der Waals surface area contributed by atoms with Crippen LogP contribution < -0.4 is 4.74 Å². The van der Waals surface area contributed by atoms with Crippen LogP contribution in [0.15, 0.2) is 47.0 Å². The molecule has 0 radical (unpaired) electrons. The van der Waals surface area contributed by atoms with Crippen LogP contribution in [0.4, 0.5) is 4.39 Å². The van der Waals surface area contributed by atoms with Gasteiger partial charge >= 0.3 is 0 Å². The number of carbonyl (C=O) groups is 1. The van der Waals surface area contributed by atoms with Gasteiger partial charge in [-0.3, -0.25) is 9.89 Å². The molecule has 1 aliphatic rings. The molecule has 0 bridgehead atoms. The predicted octanol–water partition coefficient (Wildman–Crippen LogP) is 3.91. The van der Waals surface area contributed by atoms with E-state index < -0.39 is 5.82 Å². The van der Waals surface area contributed by atoms with Crippen LogP contribution in [-0.2, 0) is 9.47 Å². The van der Waals surface area contributed by atoms with Gasteiger partial charge in [0.1, 0.15) is 18.0 Å². The molecule has 1 saturated heterocycles. The summed E-state index contributed by atoms with van der Waals surface area (Å²) in [4.78, 5) is 14.6. The zero-order chi connectivity index (χ0) is 24.4. The van der Waals surface area contributed by atoms with E-state index in [1.165, 1.54) is 6.07 Å². The average Bonchev–Trinajstić information content (AvgIpc) is 3.51. The van der Waals surface area contributed by atoms with Gasteiger partial charge in [0.25, 0.3) is 5.91 Å². The number of halogens is 1. The summed E-state index contributed by atoms with van der Waals surface area (Å²) >= 11 is 0. The summed E-state index contributed by atoms with van der Waals surface area (Å²) in [7, 11) is 1.55. The van der Waals surface area contributed by atoms with E-state index in [9.17, 15) is 9.18 Å². The van der Waals surface area contributed by atoms with Crippen molar-refractivity contribution in [2.75, 3.05) is 40.0 Å². The number of nitrogens with zero attached hydrogens (tertiary/aromatic N) is 3. The van der Waals surface area contributed by atoms with E-state index in [0.29, 0.717) is 59.9 Å². The van der Waals surface area contributed by atoms with Gasteiger partial charge in [0.05, 0.1) is 24.8 Å². The Hall–Kier alpha value is -3.76. The molecule has 2 aromatic heterocycles. The molecule has 10 heteroatoms. The molecule has 182 valence electrons. The smallest absolute Gasteiger partial charge is 0.254 e. The zero-order valence-electron chi connectivity index (χ0n) is 19.4. The second kappa shape index (κ2) is 9.85. The number of amides is 1. The van der Waals surface area contributed by atoms with Crippen molar-refractivity contribution in [3.05, 3.63) is 53.8 Å². The normalized spacial score (nSPS) is 16.1. The first kappa shape index (κ1) is 23.0. The van der Waals surface area contributed by atoms with E-state index in [1.807, 2.05) is 19.1 Å². The minimum atomic E-state index is -0.508. The van der Waals surface area contributed by atoms with Crippen molar-refractivity contribution < 1.29 is 27.9 Å². The molecule has 3 heterocycles. The Morgan fingerprint density at radius 2 is 2.06 bits per heavy atom. The maximum atomic E-state index is 14.6. The molecule has 0 aliphatic carbocycles. The van der Waals surface area contributed by atoms with E-state index in [0.717, 1.165) is 5.56 Å². The van der Waals surface area contributed by atoms with Crippen LogP contribution in [0.2, 0.25) is 0 Å². The summed E-state index contributed by atoms with van der Waals surface area (Å²) in [5, 5.41) is 11.8. The van der Waals surface area contributed by atoms with Gasteiger partial charge in [0, 0.05) is 48.8 Å². The van der Waals surface area contributed by atoms with Crippen LogP contribution in [0, 0.1) is 5.82 Å². The molecule has 0 saturated carbocycles. The third kappa shape index (κ3) is 4.75. The van der Waals surface area contributed by atoms with Gasteiger partial charge in [-0.2, -0.15) is 5.10 Å². The number of fused-ring (bicyclic) bond motifs is 1. The minimum absolute atomic E-state index is 0.0249. The number of aromatic nitrogens is 3. The van der Waals surface area contributed by atoms with E-state index in [4.69, 9.17) is 18.7 Å². The quantitative estimate of drug-likeness (QED) is 0.400. The standard InChI is InChI=1S/C25H25FN4O5/c1-15-14-30(7-8-33-15)25(31)17-5-3-16(4-6-17)20-12-23(35-29-20)24-18-11-19(26)22(34-10-9-32-2)13-21(18)27-28-24/h3-6,11-13,15H,7-10,14H2,1-2H3,(H,27,28)/t15-/m1/s1. The fourth-order valence-corrected chi connectivity index (χ4v) is 4.04. The number of H-pyrrole nitrogens is 1. The summed E-state index contributed by atoms with van der Waals surface area (Å²) in [6.45, 7) is 4.25. The number of nitrogens with one attached hydrogen (secondary N) is 1. The van der Waals surface area contributed by atoms with Crippen LogP contribution in [0.1, 0.15) is 17.3 Å². The Bertz CT molecular complexity index is 1330. The fourth-order valence-electron chi connectivity index (χ4n) is 4.04. The monoisotopic (exact) mass is 480 g/mol. The van der Waals surface area contributed by atoms with E-state index in [-0.39, 0.29) is 24.4 Å². The summed E-state index contributed by atoms with van der Waals surface area (Å²) in [6.07, 6.45) is 0.0295. The lowest BCUT2D eigenvalue weighted by molar-refractivity contribution is -0.0124. The average molecular weight is 480 g/mol. The summed E-state index contributed by atoms with van der Waals surface area (Å²) in [5.41, 5.74) is 3.01. The topological polar surface area (TPSA) is 103 Å². The van der Waals surface area contributed by atoms with E-state index >= 15 is 0 Å². The second-order valence-corrected chi connectivity index (χ2v) is 8.33. The van der Waals surface area contributed by atoms with Gasteiger partial charge in [-0.25, -0.2) is 4.39 Å². The Kier molecular flexibility index (Phi) is 6.47. The molecule has 2 aromatic carbocycles. The molecule has 1 amide bonds. The minimum Gasteiger partial charge on any atom is -0.488 e. The van der Waals surface area contributed by atoms with Crippen molar-refractivity contribution in [1.82, 2.24) is 20.3 Å². The number of aromatic amines is 1. The second-order valence-electron chi connectivity index (χ2n) is 8.33. The zero-order valence-corrected chi connectivity index (χ0v) is 19.4. The van der Waals surface area contributed by atoms with Gasteiger partial charge in [0.15, 0.2) is 17.3 Å². The highest BCUT2D eigenvalue weighted by molar-refractivity contribution is 5.95. The maximum Gasteiger partial charge on any atom is 0.254 e. The number of benzene rings is 2. The van der Waals surface area contributed by atoms with Gasteiger partial charge in [-0.05, 0) is 25.1 Å². The maximum absolute atomic E-state index is 14.6. The number of hydrogen-bond acceptors (Lipinski definition) is 7. The number of morpholine rings is 1. The van der Waals surface area contributed by atoms with Crippen molar-refractivity contribution in [3.8, 4) is 28.5 Å². The number of carbonyl (C=O) groups excluding carboxylic acids is 1. The first-order valence-corrected chi connectivity index (χ1v) is 11.3. The first-order chi connectivity index (χ1) is 17.0.